The van der Waals surface area contributed by atoms with Crippen molar-refractivity contribution in [3.8, 4) is 0 Å². The molecule has 8 nitrogen and oxygen atoms in total. The van der Waals surface area contributed by atoms with Crippen LogP contribution in [0.1, 0.15) is 31.7 Å². The molecule has 4 rings (SSSR count). The average Bonchev–Trinajstić information content (AvgIpc) is 2.81. The third kappa shape index (κ3) is 5.44. The van der Waals surface area contributed by atoms with Crippen LogP contribution in [0, 0.1) is 11.7 Å². The van der Waals surface area contributed by atoms with Gasteiger partial charge in [-0.25, -0.2) is 9.97 Å². The lowest BCUT2D eigenvalue weighted by Crippen LogP contribution is -2.61. The number of hydrogen-bond acceptors (Lipinski definition) is 7. The number of alkyl halides is 3. The van der Waals surface area contributed by atoms with Crippen molar-refractivity contribution < 1.29 is 27.5 Å². The Morgan fingerprint density at radius 3 is 2.67 bits per heavy atom. The molecular weight excluding hydrogens is 504 g/mol. The summed E-state index contributed by atoms with van der Waals surface area (Å²) in [5.41, 5.74) is 4.77. The van der Waals surface area contributed by atoms with Gasteiger partial charge >= 0.3 is 6.18 Å². The van der Waals surface area contributed by atoms with E-state index < -0.39 is 35.7 Å². The summed E-state index contributed by atoms with van der Waals surface area (Å²) in [6, 6.07) is 1.82. The van der Waals surface area contributed by atoms with Gasteiger partial charge in [-0.3, -0.25) is 4.79 Å². The van der Waals surface area contributed by atoms with Crippen LogP contribution >= 0.6 is 11.6 Å². The van der Waals surface area contributed by atoms with Gasteiger partial charge in [-0.2, -0.15) is 17.6 Å². The van der Waals surface area contributed by atoms with E-state index in [4.69, 9.17) is 17.3 Å². The van der Waals surface area contributed by atoms with Gasteiger partial charge in [-0.1, -0.05) is 11.6 Å². The summed E-state index contributed by atoms with van der Waals surface area (Å²) < 4.78 is 54.3. The molecule has 0 spiro atoms. The van der Waals surface area contributed by atoms with Crippen molar-refractivity contribution in [1.29, 1.82) is 0 Å². The molecule has 2 unspecified atom stereocenters. The standard InChI is InChI=1S/C23H27ClF4N6O2/c1-12(35)16-4-6-33(21-19(25)20(29)30-11-31-21)10-18(16)34-5-2-3-17(22(34)36)32-15-8-13(23(26,27)28)7-14(24)9-15/h7-9,11-12,16-18,32,35H,2-6,10H2,1H3,(H2,29,30,31)/t12?,16-,17?,18+/m1/s1. The summed E-state index contributed by atoms with van der Waals surface area (Å²) >= 11 is 5.89. The van der Waals surface area contributed by atoms with Crippen LogP contribution in [0.15, 0.2) is 24.5 Å². The van der Waals surface area contributed by atoms with Gasteiger partial charge in [0.1, 0.15) is 12.4 Å². The maximum absolute atomic E-state index is 14.6. The van der Waals surface area contributed by atoms with Gasteiger partial charge in [0.15, 0.2) is 11.6 Å². The molecule has 4 N–H and O–H groups in total. The van der Waals surface area contributed by atoms with Gasteiger partial charge in [0.05, 0.1) is 17.7 Å². The van der Waals surface area contributed by atoms with Crippen LogP contribution in [0.2, 0.25) is 5.02 Å². The monoisotopic (exact) mass is 530 g/mol. The highest BCUT2D eigenvalue weighted by atomic mass is 35.5. The van der Waals surface area contributed by atoms with Crippen molar-refractivity contribution in [2.45, 2.75) is 50.6 Å². The molecule has 4 atom stereocenters. The maximum atomic E-state index is 14.6. The number of halogens is 5. The fourth-order valence-corrected chi connectivity index (χ4v) is 5.26. The first kappa shape index (κ1) is 26.2. The largest absolute Gasteiger partial charge is 0.416 e. The Bertz CT molecular complexity index is 1120. The number of anilines is 3. The van der Waals surface area contributed by atoms with E-state index in [1.54, 1.807) is 16.7 Å². The van der Waals surface area contributed by atoms with Crippen molar-refractivity contribution in [3.63, 3.8) is 0 Å². The van der Waals surface area contributed by atoms with Crippen molar-refractivity contribution in [2.75, 3.05) is 35.6 Å². The smallest absolute Gasteiger partial charge is 0.393 e. The second kappa shape index (κ2) is 10.3. The van der Waals surface area contributed by atoms with Gasteiger partial charge in [-0.15, -0.1) is 0 Å². The highest BCUT2D eigenvalue weighted by Crippen LogP contribution is 2.35. The van der Waals surface area contributed by atoms with Gasteiger partial charge < -0.3 is 26.0 Å². The summed E-state index contributed by atoms with van der Waals surface area (Å²) in [7, 11) is 0. The number of nitrogens with zero attached hydrogens (tertiary/aromatic N) is 4. The zero-order valence-electron chi connectivity index (χ0n) is 19.5. The van der Waals surface area contributed by atoms with Crippen molar-refractivity contribution >= 4 is 34.8 Å². The van der Waals surface area contributed by atoms with Crippen LogP contribution in [0.5, 0.6) is 0 Å². The number of aliphatic hydroxyl groups is 1. The zero-order chi connectivity index (χ0) is 26.2. The fraction of sp³-hybridized carbons (Fsp3) is 0.522. The first-order valence-electron chi connectivity index (χ1n) is 11.6. The zero-order valence-corrected chi connectivity index (χ0v) is 20.2. The number of likely N-dealkylation sites (tertiary alicyclic amines) is 1. The number of benzene rings is 1. The molecule has 0 aliphatic carbocycles. The van der Waals surface area contributed by atoms with E-state index in [1.807, 2.05) is 0 Å². The summed E-state index contributed by atoms with van der Waals surface area (Å²) in [4.78, 5) is 24.5. The topological polar surface area (TPSA) is 108 Å². The highest BCUT2D eigenvalue weighted by molar-refractivity contribution is 6.31. The minimum atomic E-state index is -4.58. The second-order valence-corrected chi connectivity index (χ2v) is 9.64. The van der Waals surface area contributed by atoms with Crippen LogP contribution in [0.25, 0.3) is 0 Å². The Morgan fingerprint density at radius 1 is 1.22 bits per heavy atom. The van der Waals surface area contributed by atoms with Gasteiger partial charge in [0.25, 0.3) is 0 Å². The molecule has 2 fully saturated rings. The minimum Gasteiger partial charge on any atom is -0.393 e. The van der Waals surface area contributed by atoms with E-state index in [0.29, 0.717) is 32.4 Å². The highest BCUT2D eigenvalue weighted by Gasteiger charge is 2.42. The number of aliphatic hydroxyl groups excluding tert-OH is 1. The number of hydrogen-bond donors (Lipinski definition) is 3. The number of rotatable bonds is 5. The molecule has 3 heterocycles. The van der Waals surface area contributed by atoms with Crippen LogP contribution in [-0.2, 0) is 11.0 Å². The molecule has 1 aromatic carbocycles. The molecule has 2 saturated heterocycles. The first-order chi connectivity index (χ1) is 17.0. The third-order valence-corrected chi connectivity index (χ3v) is 7.01. The lowest BCUT2D eigenvalue weighted by Gasteiger charge is -2.48. The minimum absolute atomic E-state index is 0.0225. The Balaban J connectivity index is 1.57. The molecule has 2 aliphatic heterocycles. The van der Waals surface area contributed by atoms with Gasteiger partial charge in [0, 0.05) is 36.3 Å². The lowest BCUT2D eigenvalue weighted by atomic mass is 9.84. The van der Waals surface area contributed by atoms with E-state index in [2.05, 4.69) is 15.3 Å². The molecule has 0 bridgehead atoms. The van der Waals surface area contributed by atoms with E-state index >= 15 is 0 Å². The molecule has 2 aliphatic rings. The lowest BCUT2D eigenvalue weighted by molar-refractivity contribution is -0.139. The fourth-order valence-electron chi connectivity index (χ4n) is 5.03. The number of nitrogens with two attached hydrogens (primary N) is 1. The van der Waals surface area contributed by atoms with Crippen molar-refractivity contribution in [2.24, 2.45) is 5.92 Å². The van der Waals surface area contributed by atoms with E-state index in [1.165, 1.54) is 6.07 Å². The van der Waals surface area contributed by atoms with Crippen LogP contribution in [0.3, 0.4) is 0 Å². The molecule has 2 aromatic rings. The number of nitrogens with one attached hydrogen (secondary N) is 1. The Labute approximate surface area is 210 Å². The summed E-state index contributed by atoms with van der Waals surface area (Å²) in [6.45, 7) is 2.64. The SMILES string of the molecule is CC(O)[C@H]1CCN(c2ncnc(N)c2F)C[C@@H]1N1CCCC(Nc2cc(Cl)cc(C(F)(F)F)c2)C1=O. The summed E-state index contributed by atoms with van der Waals surface area (Å²) in [5.74, 6) is -1.61. The van der Waals surface area contributed by atoms with Crippen molar-refractivity contribution in [3.05, 3.63) is 40.9 Å². The predicted octanol–water partition coefficient (Wildman–Crippen LogP) is 3.55. The predicted molar refractivity (Wildman–Crippen MR) is 127 cm³/mol. The summed E-state index contributed by atoms with van der Waals surface area (Å²) in [6.07, 6.45) is -2.68. The molecule has 196 valence electrons. The van der Waals surface area contributed by atoms with E-state index in [-0.39, 0.29) is 40.7 Å². The molecule has 1 aromatic heterocycles. The van der Waals surface area contributed by atoms with Crippen LogP contribution in [0.4, 0.5) is 34.9 Å². The van der Waals surface area contributed by atoms with Gasteiger partial charge in [-0.05, 0) is 44.4 Å². The Kier molecular flexibility index (Phi) is 7.46. The van der Waals surface area contributed by atoms with E-state index in [9.17, 15) is 27.5 Å². The first-order valence-corrected chi connectivity index (χ1v) is 12.0. The number of nitrogen functional groups attached to an aromatic ring is 1. The normalized spacial score (nSPS) is 24.1. The average molecular weight is 531 g/mol. The third-order valence-electron chi connectivity index (χ3n) is 6.79. The summed E-state index contributed by atoms with van der Waals surface area (Å²) in [5, 5.41) is 13.3. The van der Waals surface area contributed by atoms with Crippen LogP contribution < -0.4 is 16.0 Å². The molecular formula is C23H27ClF4N6O2. The number of carbonyl (C=O) groups excluding carboxylic acids is 1. The Hall–Kier alpha value is -2.86. The van der Waals surface area contributed by atoms with Gasteiger partial charge in [0.2, 0.25) is 11.7 Å². The maximum Gasteiger partial charge on any atom is 0.416 e. The molecule has 1 amide bonds. The second-order valence-electron chi connectivity index (χ2n) is 9.20. The van der Waals surface area contributed by atoms with Crippen molar-refractivity contribution in [1.82, 2.24) is 14.9 Å². The Morgan fingerprint density at radius 2 is 1.97 bits per heavy atom. The quantitative estimate of drug-likeness (QED) is 0.507. The van der Waals surface area contributed by atoms with Crippen LogP contribution in [-0.4, -0.2) is 63.7 Å². The number of aromatic nitrogens is 2. The van der Waals surface area contributed by atoms with E-state index in [0.717, 1.165) is 18.5 Å². The molecule has 0 radical (unpaired) electrons. The molecule has 13 heteroatoms. The number of amides is 1. The molecule has 0 saturated carbocycles. The number of carbonyl (C=O) groups is 1. The number of piperidine rings is 2. The molecule has 36 heavy (non-hydrogen) atoms.